The van der Waals surface area contributed by atoms with Gasteiger partial charge in [-0.05, 0) is 68.8 Å². The summed E-state index contributed by atoms with van der Waals surface area (Å²) in [4.78, 5) is 12.5. The van der Waals surface area contributed by atoms with Gasteiger partial charge in [0.2, 0.25) is 10.0 Å². The smallest absolute Gasteiger partial charge is 0.275 e. The van der Waals surface area contributed by atoms with E-state index < -0.39 is 10.0 Å². The first-order valence-corrected chi connectivity index (χ1v) is 11.0. The number of aryl methyl sites for hydroxylation is 2. The minimum atomic E-state index is -3.75. The Morgan fingerprint density at radius 3 is 2.39 bits per heavy atom. The molecule has 0 aliphatic heterocycles. The number of primary sulfonamides is 1. The van der Waals surface area contributed by atoms with Gasteiger partial charge in [0, 0.05) is 22.6 Å². The molecule has 0 aliphatic carbocycles. The monoisotopic (exact) mass is 440 g/mol. The highest BCUT2D eigenvalue weighted by Crippen LogP contribution is 2.22. The number of benzene rings is 2. The molecule has 9 heteroatoms. The van der Waals surface area contributed by atoms with Crippen molar-refractivity contribution in [3.05, 3.63) is 76.6 Å². The van der Waals surface area contributed by atoms with E-state index in [1.165, 1.54) is 19.2 Å². The van der Waals surface area contributed by atoms with Crippen molar-refractivity contribution in [3.8, 4) is 11.4 Å². The zero-order valence-corrected chi connectivity index (χ0v) is 18.5. The minimum Gasteiger partial charge on any atom is -0.496 e. The van der Waals surface area contributed by atoms with Crippen molar-refractivity contribution < 1.29 is 17.9 Å². The van der Waals surface area contributed by atoms with E-state index in [0.717, 1.165) is 28.2 Å². The lowest BCUT2D eigenvalue weighted by Gasteiger charge is -2.10. The zero-order valence-electron chi connectivity index (χ0n) is 17.7. The number of nitrogens with two attached hydrogens (primary N) is 1. The molecule has 1 amide bonds. The molecule has 0 saturated heterocycles. The van der Waals surface area contributed by atoms with Crippen LogP contribution in [0.15, 0.2) is 58.5 Å². The number of hydrogen-bond acceptors (Lipinski definition) is 5. The van der Waals surface area contributed by atoms with Crippen molar-refractivity contribution in [2.45, 2.75) is 25.7 Å². The molecule has 1 aromatic heterocycles. The topological polar surface area (TPSA) is 116 Å². The maximum absolute atomic E-state index is 12.4. The Hall–Kier alpha value is -3.43. The van der Waals surface area contributed by atoms with Gasteiger partial charge in [0.05, 0.1) is 23.8 Å². The molecule has 0 unspecified atom stereocenters. The van der Waals surface area contributed by atoms with Gasteiger partial charge >= 0.3 is 0 Å². The van der Waals surface area contributed by atoms with E-state index in [9.17, 15) is 13.2 Å². The molecule has 0 spiro atoms. The SMILES string of the molecule is COc1cc(C)ccc1C(=O)N/N=C\c1cc(C)n(-c2ccc(S(N)(=O)=O)cc2)c1C. The molecular formula is C22H24N4O4S. The number of carbonyl (C=O) groups is 1. The standard InChI is InChI=1S/C22H24N4O4S/c1-14-5-10-20(21(11-14)30-4)22(27)25-24-13-17-12-15(2)26(16(17)3)18-6-8-19(9-7-18)31(23,28)29/h5-13H,1-4H3,(H,25,27)(H2,23,28,29)/b24-13-. The lowest BCUT2D eigenvalue weighted by molar-refractivity contribution is 0.0952. The predicted molar refractivity (Wildman–Crippen MR) is 119 cm³/mol. The summed E-state index contributed by atoms with van der Waals surface area (Å²) in [6, 6.07) is 13.5. The summed E-state index contributed by atoms with van der Waals surface area (Å²) in [6.07, 6.45) is 1.57. The first-order chi connectivity index (χ1) is 14.6. The van der Waals surface area contributed by atoms with Crippen LogP contribution < -0.4 is 15.3 Å². The van der Waals surface area contributed by atoms with E-state index in [1.54, 1.807) is 30.5 Å². The average molecular weight is 441 g/mol. The normalized spacial score (nSPS) is 11.6. The summed E-state index contributed by atoms with van der Waals surface area (Å²) < 4.78 is 30.1. The van der Waals surface area contributed by atoms with E-state index in [0.29, 0.717) is 11.3 Å². The van der Waals surface area contributed by atoms with Crippen molar-refractivity contribution in [1.82, 2.24) is 9.99 Å². The van der Waals surface area contributed by atoms with Gasteiger partial charge in [0.1, 0.15) is 5.75 Å². The van der Waals surface area contributed by atoms with Crippen LogP contribution >= 0.6 is 0 Å². The largest absolute Gasteiger partial charge is 0.496 e. The van der Waals surface area contributed by atoms with Crippen molar-refractivity contribution in [2.24, 2.45) is 10.2 Å². The predicted octanol–water partition coefficient (Wildman–Crippen LogP) is 2.82. The van der Waals surface area contributed by atoms with Gasteiger partial charge in [0.25, 0.3) is 5.91 Å². The third kappa shape index (κ3) is 4.84. The number of nitrogens with one attached hydrogen (secondary N) is 1. The highest BCUT2D eigenvalue weighted by atomic mass is 32.2. The van der Waals surface area contributed by atoms with Crippen LogP contribution in [-0.4, -0.2) is 32.2 Å². The van der Waals surface area contributed by atoms with Gasteiger partial charge in [-0.25, -0.2) is 19.0 Å². The lowest BCUT2D eigenvalue weighted by Crippen LogP contribution is -2.18. The fourth-order valence-electron chi connectivity index (χ4n) is 3.31. The van der Waals surface area contributed by atoms with Gasteiger partial charge < -0.3 is 9.30 Å². The van der Waals surface area contributed by atoms with Crippen LogP contribution in [-0.2, 0) is 10.0 Å². The number of rotatable bonds is 6. The van der Waals surface area contributed by atoms with Crippen LogP contribution in [0.25, 0.3) is 5.69 Å². The van der Waals surface area contributed by atoms with Crippen LogP contribution in [0, 0.1) is 20.8 Å². The van der Waals surface area contributed by atoms with Crippen molar-refractivity contribution in [1.29, 1.82) is 0 Å². The fourth-order valence-corrected chi connectivity index (χ4v) is 3.82. The highest BCUT2D eigenvalue weighted by molar-refractivity contribution is 7.89. The summed E-state index contributed by atoms with van der Waals surface area (Å²) in [5.74, 6) is 0.106. The molecule has 1 heterocycles. The summed E-state index contributed by atoms with van der Waals surface area (Å²) in [5, 5.41) is 9.24. The molecule has 3 aromatic rings. The molecule has 0 saturated carbocycles. The van der Waals surface area contributed by atoms with Crippen LogP contribution in [0.5, 0.6) is 5.75 Å². The van der Waals surface area contributed by atoms with Crippen LogP contribution in [0.3, 0.4) is 0 Å². The van der Waals surface area contributed by atoms with E-state index >= 15 is 0 Å². The molecule has 0 bridgehead atoms. The van der Waals surface area contributed by atoms with E-state index in [1.807, 2.05) is 37.5 Å². The minimum absolute atomic E-state index is 0.0507. The number of sulfonamides is 1. The molecule has 2 aromatic carbocycles. The molecule has 0 radical (unpaired) electrons. The molecule has 3 rings (SSSR count). The highest BCUT2D eigenvalue weighted by Gasteiger charge is 2.13. The third-order valence-corrected chi connectivity index (χ3v) is 5.79. The van der Waals surface area contributed by atoms with Crippen molar-refractivity contribution in [2.75, 3.05) is 7.11 Å². The first-order valence-electron chi connectivity index (χ1n) is 9.42. The van der Waals surface area contributed by atoms with Crippen LogP contribution in [0.1, 0.15) is 32.9 Å². The number of hydrazone groups is 1. The number of amides is 1. The van der Waals surface area contributed by atoms with Gasteiger partial charge in [-0.3, -0.25) is 4.79 Å². The number of ether oxygens (including phenoxy) is 1. The van der Waals surface area contributed by atoms with E-state index in [-0.39, 0.29) is 10.8 Å². The second kappa shape index (κ2) is 8.75. The molecule has 0 atom stereocenters. The van der Waals surface area contributed by atoms with Crippen molar-refractivity contribution >= 4 is 22.1 Å². The Balaban J connectivity index is 1.81. The van der Waals surface area contributed by atoms with Gasteiger partial charge in [-0.15, -0.1) is 0 Å². The fraction of sp³-hybridized carbons (Fsp3) is 0.182. The van der Waals surface area contributed by atoms with Gasteiger partial charge in [-0.2, -0.15) is 5.10 Å². The second-order valence-corrected chi connectivity index (χ2v) is 8.67. The first kappa shape index (κ1) is 22.3. The van der Waals surface area contributed by atoms with E-state index in [2.05, 4.69) is 10.5 Å². The Bertz CT molecular complexity index is 1260. The Kier molecular flexibility index (Phi) is 6.28. The number of methoxy groups -OCH3 is 1. The molecule has 31 heavy (non-hydrogen) atoms. The number of carbonyl (C=O) groups excluding carboxylic acids is 1. The quantitative estimate of drug-likeness (QED) is 0.453. The average Bonchev–Trinajstić information content (AvgIpc) is 3.00. The molecule has 0 fully saturated rings. The zero-order chi connectivity index (χ0) is 22.8. The maximum atomic E-state index is 12.4. The number of aromatic nitrogens is 1. The Labute approximate surface area is 181 Å². The summed E-state index contributed by atoms with van der Waals surface area (Å²) >= 11 is 0. The molecule has 0 aliphatic rings. The number of nitrogens with zero attached hydrogens (tertiary/aromatic N) is 2. The third-order valence-electron chi connectivity index (χ3n) is 4.87. The summed E-state index contributed by atoms with van der Waals surface area (Å²) in [6.45, 7) is 5.75. The van der Waals surface area contributed by atoms with E-state index in [4.69, 9.17) is 9.88 Å². The second-order valence-electron chi connectivity index (χ2n) is 7.10. The van der Waals surface area contributed by atoms with Crippen LogP contribution in [0.2, 0.25) is 0 Å². The maximum Gasteiger partial charge on any atom is 0.275 e. The summed E-state index contributed by atoms with van der Waals surface area (Å²) in [5.41, 5.74) is 7.31. The van der Waals surface area contributed by atoms with Crippen LogP contribution in [0.4, 0.5) is 0 Å². The molecule has 8 nitrogen and oxygen atoms in total. The molecule has 162 valence electrons. The molecular weight excluding hydrogens is 416 g/mol. The Morgan fingerprint density at radius 1 is 1.10 bits per heavy atom. The number of hydrogen-bond donors (Lipinski definition) is 2. The summed E-state index contributed by atoms with van der Waals surface area (Å²) in [7, 11) is -2.23. The molecule has 3 N–H and O–H groups in total. The van der Waals surface area contributed by atoms with Gasteiger partial charge in [0.15, 0.2) is 0 Å². The Morgan fingerprint density at radius 2 is 1.77 bits per heavy atom. The van der Waals surface area contributed by atoms with Crippen molar-refractivity contribution in [3.63, 3.8) is 0 Å². The van der Waals surface area contributed by atoms with Gasteiger partial charge in [-0.1, -0.05) is 6.07 Å². The lowest BCUT2D eigenvalue weighted by atomic mass is 10.1.